The molecule has 58 heavy (non-hydrogen) atoms. The van der Waals surface area contributed by atoms with Crippen LogP contribution in [0.25, 0.3) is 43.1 Å². The molecule has 0 aliphatic carbocycles. The molecule has 286 valence electrons. The van der Waals surface area contributed by atoms with Gasteiger partial charge >= 0.3 is 372 Å². The summed E-state index contributed by atoms with van der Waals surface area (Å²) in [6.07, 6.45) is 0. The Balaban J connectivity index is 1.00. The number of fused-ring (bicyclic) bond motifs is 4. The van der Waals surface area contributed by atoms with Gasteiger partial charge in [0.1, 0.15) is 0 Å². The van der Waals surface area contributed by atoms with Crippen LogP contribution in [0.5, 0.6) is 0 Å². The summed E-state index contributed by atoms with van der Waals surface area (Å²) < 4.78 is 0. The number of rotatable bonds is 16. The van der Waals surface area contributed by atoms with Crippen LogP contribution in [0, 0.1) is 0 Å². The first-order valence-corrected chi connectivity index (χ1v) is 29.8. The van der Waals surface area contributed by atoms with Crippen LogP contribution < -0.4 is 0 Å². The standard InChI is InChI=1S/C54H46Se4/c1-5-25-51-39(13-1)17-9-21-43(51)31-55-35-47-29-49(37-57-33-45-23-11-19-41-15-3-7-27-53(41)45)50(38-58-34-46-24-12-20-42-16-4-8-28-54(42)46)30-48(47)36-56-32-44-22-10-18-40-14-2-6-26-52(40)44/h1-30H,31-38H2. The van der Waals surface area contributed by atoms with Gasteiger partial charge in [0, 0.05) is 0 Å². The van der Waals surface area contributed by atoms with Crippen molar-refractivity contribution in [3.05, 3.63) is 226 Å². The predicted molar refractivity (Wildman–Crippen MR) is 255 cm³/mol. The maximum atomic E-state index is 2.71. The molecule has 0 fully saturated rings. The molecule has 0 nitrogen and oxygen atoms in total. The number of hydrogen-bond donors (Lipinski definition) is 0. The molecule has 0 N–H and O–H groups in total. The monoisotopic (exact) mass is 1010 g/mol. The molecule has 0 radical (unpaired) electrons. The van der Waals surface area contributed by atoms with Crippen LogP contribution in [-0.4, -0.2) is 59.8 Å². The van der Waals surface area contributed by atoms with E-state index in [0.717, 1.165) is 0 Å². The van der Waals surface area contributed by atoms with Crippen molar-refractivity contribution in [2.45, 2.75) is 42.6 Å². The summed E-state index contributed by atoms with van der Waals surface area (Å²) in [5, 5.41) is 20.6. The van der Waals surface area contributed by atoms with E-state index in [1.165, 1.54) is 108 Å². The Hall–Kier alpha value is -3.90. The van der Waals surface area contributed by atoms with Gasteiger partial charge in [0.2, 0.25) is 0 Å². The molecule has 9 aromatic carbocycles. The van der Waals surface area contributed by atoms with E-state index < -0.39 is 0 Å². The summed E-state index contributed by atoms with van der Waals surface area (Å²) in [6.45, 7) is 0. The fraction of sp³-hybridized carbons (Fsp3) is 0.148. The van der Waals surface area contributed by atoms with Crippen molar-refractivity contribution < 1.29 is 0 Å². The van der Waals surface area contributed by atoms with E-state index in [4.69, 9.17) is 0 Å². The van der Waals surface area contributed by atoms with Crippen LogP contribution in [-0.2, 0) is 42.6 Å². The first-order chi connectivity index (χ1) is 28.8. The zero-order valence-electron chi connectivity index (χ0n) is 32.6. The number of hydrogen-bond acceptors (Lipinski definition) is 0. The molecule has 0 atom stereocenters. The Morgan fingerprint density at radius 1 is 0.207 bits per heavy atom. The van der Waals surface area contributed by atoms with E-state index in [1.807, 2.05) is 0 Å². The molecule has 0 unspecified atom stereocenters. The summed E-state index contributed by atoms with van der Waals surface area (Å²) in [4.78, 5) is 0. The fourth-order valence-electron chi connectivity index (χ4n) is 8.09. The van der Waals surface area contributed by atoms with E-state index in [1.54, 1.807) is 22.3 Å². The van der Waals surface area contributed by atoms with Crippen molar-refractivity contribution in [2.24, 2.45) is 0 Å². The molecule has 0 amide bonds. The molecular weight excluding hydrogens is 964 g/mol. The van der Waals surface area contributed by atoms with E-state index in [0.29, 0.717) is 59.8 Å². The van der Waals surface area contributed by atoms with Gasteiger partial charge in [-0.15, -0.1) is 0 Å². The molecule has 0 saturated carbocycles. The van der Waals surface area contributed by atoms with Gasteiger partial charge in [-0.2, -0.15) is 0 Å². The summed E-state index contributed by atoms with van der Waals surface area (Å²) >= 11 is 1.92. The van der Waals surface area contributed by atoms with Gasteiger partial charge < -0.3 is 0 Å². The normalized spacial score (nSPS) is 11.6. The second kappa shape index (κ2) is 19.4. The SMILES string of the molecule is c1ccc2c(C[Se]Cc3cc(C[Se]Cc4cccc5ccccc45)c(C[Se]Cc4cccc5ccccc45)cc3C[Se]Cc3cccc4ccccc34)cccc2c1. The third-order valence-corrected chi connectivity index (χ3v) is 19.7. The van der Waals surface area contributed by atoms with Crippen molar-refractivity contribution >= 4 is 103 Å². The minimum atomic E-state index is 0.479. The molecule has 0 aliphatic rings. The third-order valence-electron chi connectivity index (χ3n) is 11.1. The number of benzene rings is 9. The Morgan fingerprint density at radius 3 is 0.672 bits per heavy atom. The quantitative estimate of drug-likeness (QED) is 0.0846. The van der Waals surface area contributed by atoms with Crippen LogP contribution >= 0.6 is 0 Å². The van der Waals surface area contributed by atoms with Crippen molar-refractivity contribution in [3.8, 4) is 0 Å². The van der Waals surface area contributed by atoms with Gasteiger partial charge in [0.25, 0.3) is 0 Å². The van der Waals surface area contributed by atoms with Crippen molar-refractivity contribution in [1.82, 2.24) is 0 Å². The topological polar surface area (TPSA) is 0 Å². The van der Waals surface area contributed by atoms with Gasteiger partial charge in [0.05, 0.1) is 0 Å². The first-order valence-electron chi connectivity index (χ1n) is 20.1. The third kappa shape index (κ3) is 9.43. The van der Waals surface area contributed by atoms with Crippen LogP contribution in [0.1, 0.15) is 44.5 Å². The van der Waals surface area contributed by atoms with Crippen LogP contribution in [0.2, 0.25) is 0 Å². The molecular formula is C54H46Se4. The van der Waals surface area contributed by atoms with Crippen LogP contribution in [0.4, 0.5) is 0 Å². The van der Waals surface area contributed by atoms with Crippen molar-refractivity contribution in [2.75, 3.05) is 0 Å². The molecule has 0 spiro atoms. The molecule has 0 heterocycles. The average Bonchev–Trinajstić information content (AvgIpc) is 3.27. The Labute approximate surface area is 368 Å². The predicted octanol–water partition coefficient (Wildman–Crippen LogP) is 11.9. The van der Waals surface area contributed by atoms with Crippen molar-refractivity contribution in [3.63, 3.8) is 0 Å². The van der Waals surface area contributed by atoms with E-state index in [9.17, 15) is 0 Å². The Bertz CT molecular complexity index is 2420. The molecule has 4 heteroatoms. The zero-order valence-corrected chi connectivity index (χ0v) is 39.5. The van der Waals surface area contributed by atoms with Gasteiger partial charge in [-0.1, -0.05) is 0 Å². The summed E-state index contributed by atoms with van der Waals surface area (Å²) in [5.41, 5.74) is 12.5. The molecule has 0 bridgehead atoms. The van der Waals surface area contributed by atoms with E-state index >= 15 is 0 Å². The second-order valence-corrected chi connectivity index (χ2v) is 23.2. The van der Waals surface area contributed by atoms with Crippen LogP contribution in [0.15, 0.2) is 182 Å². The second-order valence-electron chi connectivity index (χ2n) is 14.9. The van der Waals surface area contributed by atoms with Gasteiger partial charge in [-0.25, -0.2) is 0 Å². The Kier molecular flexibility index (Phi) is 13.3. The molecule has 9 rings (SSSR count). The summed E-state index contributed by atoms with van der Waals surface area (Å²) in [5.74, 6) is 0. The van der Waals surface area contributed by atoms with Crippen molar-refractivity contribution in [1.29, 1.82) is 0 Å². The van der Waals surface area contributed by atoms with Crippen LogP contribution in [0.3, 0.4) is 0 Å². The Morgan fingerprint density at radius 2 is 0.414 bits per heavy atom. The zero-order chi connectivity index (χ0) is 38.9. The summed E-state index contributed by atoms with van der Waals surface area (Å²) in [6, 6.07) is 68.6. The van der Waals surface area contributed by atoms with E-state index in [-0.39, 0.29) is 0 Å². The summed E-state index contributed by atoms with van der Waals surface area (Å²) in [7, 11) is 0. The minimum absolute atomic E-state index is 0.479. The molecule has 9 aromatic rings. The van der Waals surface area contributed by atoms with Gasteiger partial charge in [-0.05, 0) is 0 Å². The molecule has 0 aromatic heterocycles. The fourth-order valence-corrected chi connectivity index (χ4v) is 17.0. The first kappa shape index (κ1) is 39.6. The molecule has 0 saturated heterocycles. The molecule has 0 aliphatic heterocycles. The van der Waals surface area contributed by atoms with Gasteiger partial charge in [0.15, 0.2) is 0 Å². The van der Waals surface area contributed by atoms with E-state index in [2.05, 4.69) is 182 Å². The average molecular weight is 1010 g/mol. The maximum absolute atomic E-state index is 2.71. The van der Waals surface area contributed by atoms with Gasteiger partial charge in [-0.3, -0.25) is 0 Å².